The van der Waals surface area contributed by atoms with Crippen LogP contribution in [0.1, 0.15) is 78.5 Å². The standard InChI is InChI=1S/C28H47N5OSi/c1-9-20-10-11-23-22(17-31-33-29)24(12-13-27(20,23)5)28(6)15-19-16-30-32-25(19)14-21(28)18-34-35(7,8)26(2,3)4/h9,16,21-24H,10-15,17-18H2,1-8H3,(H,30,32)/t21-,22+,23+,24+,27-,28+/m1/s1. The number of hydrogen-bond donors (Lipinski definition) is 1. The van der Waals surface area contributed by atoms with E-state index in [1.165, 1.54) is 36.9 Å². The molecular formula is C28H47N5OSi. The number of aromatic nitrogens is 2. The fraction of sp³-hybridized carbons (Fsp3) is 0.821. The average molecular weight is 498 g/mol. The van der Waals surface area contributed by atoms with Gasteiger partial charge in [0.2, 0.25) is 0 Å². The molecule has 0 spiro atoms. The van der Waals surface area contributed by atoms with Gasteiger partial charge in [0, 0.05) is 23.8 Å². The first-order valence-corrected chi connectivity index (χ1v) is 16.6. The van der Waals surface area contributed by atoms with Crippen molar-refractivity contribution in [1.29, 1.82) is 0 Å². The van der Waals surface area contributed by atoms with Gasteiger partial charge in [-0.05, 0) is 109 Å². The minimum atomic E-state index is -1.86. The van der Waals surface area contributed by atoms with E-state index in [0.717, 1.165) is 19.4 Å². The van der Waals surface area contributed by atoms with Crippen LogP contribution in [0.3, 0.4) is 0 Å². The minimum absolute atomic E-state index is 0.0922. The van der Waals surface area contributed by atoms with Crippen molar-refractivity contribution in [2.24, 2.45) is 39.6 Å². The van der Waals surface area contributed by atoms with Crippen molar-refractivity contribution in [1.82, 2.24) is 10.2 Å². The van der Waals surface area contributed by atoms with Gasteiger partial charge in [-0.2, -0.15) is 5.10 Å². The Morgan fingerprint density at radius 1 is 1.29 bits per heavy atom. The minimum Gasteiger partial charge on any atom is -0.417 e. The Morgan fingerprint density at radius 2 is 2.03 bits per heavy atom. The summed E-state index contributed by atoms with van der Waals surface area (Å²) in [5.41, 5.74) is 13.9. The fourth-order valence-electron chi connectivity index (χ4n) is 7.72. The highest BCUT2D eigenvalue weighted by Crippen LogP contribution is 2.63. The van der Waals surface area contributed by atoms with Crippen LogP contribution in [0.2, 0.25) is 18.1 Å². The second-order valence-corrected chi connectivity index (χ2v) is 18.4. The van der Waals surface area contributed by atoms with Crippen LogP contribution < -0.4 is 0 Å². The van der Waals surface area contributed by atoms with Crippen molar-refractivity contribution in [3.05, 3.63) is 39.5 Å². The molecule has 2 fully saturated rings. The van der Waals surface area contributed by atoms with Gasteiger partial charge in [-0.15, -0.1) is 0 Å². The third kappa shape index (κ3) is 4.53. The summed E-state index contributed by atoms with van der Waals surface area (Å²) < 4.78 is 6.88. The molecule has 0 bridgehead atoms. The van der Waals surface area contributed by atoms with E-state index in [4.69, 9.17) is 4.43 Å². The van der Waals surface area contributed by atoms with E-state index >= 15 is 0 Å². The van der Waals surface area contributed by atoms with Gasteiger partial charge >= 0.3 is 0 Å². The smallest absolute Gasteiger partial charge is 0.191 e. The summed E-state index contributed by atoms with van der Waals surface area (Å²) in [6.07, 6.45) is 11.3. The maximum absolute atomic E-state index is 9.28. The Labute approximate surface area is 213 Å². The van der Waals surface area contributed by atoms with Crippen molar-refractivity contribution in [3.63, 3.8) is 0 Å². The van der Waals surface area contributed by atoms with E-state index in [0.29, 0.717) is 30.2 Å². The van der Waals surface area contributed by atoms with Crippen LogP contribution in [0.25, 0.3) is 10.4 Å². The predicted molar refractivity (Wildman–Crippen MR) is 146 cm³/mol. The number of nitrogens with zero attached hydrogens (tertiary/aromatic N) is 4. The van der Waals surface area contributed by atoms with Crippen molar-refractivity contribution in [3.8, 4) is 0 Å². The molecule has 1 heterocycles. The monoisotopic (exact) mass is 497 g/mol. The summed E-state index contributed by atoms with van der Waals surface area (Å²) in [5, 5.41) is 12.1. The van der Waals surface area contributed by atoms with E-state index in [-0.39, 0.29) is 15.9 Å². The molecule has 0 aliphatic heterocycles. The number of azide groups is 1. The zero-order chi connectivity index (χ0) is 25.6. The van der Waals surface area contributed by atoms with Gasteiger partial charge in [0.25, 0.3) is 0 Å². The van der Waals surface area contributed by atoms with Gasteiger partial charge in [0.1, 0.15) is 0 Å². The average Bonchev–Trinajstić information content (AvgIpc) is 3.37. The summed E-state index contributed by atoms with van der Waals surface area (Å²) in [6, 6.07) is 0. The molecule has 0 saturated heterocycles. The lowest BCUT2D eigenvalue weighted by Crippen LogP contribution is -2.53. The normalized spacial score (nSPS) is 36.5. The second-order valence-electron chi connectivity index (χ2n) is 13.6. The Bertz CT molecular complexity index is 1000. The first-order chi connectivity index (χ1) is 16.4. The van der Waals surface area contributed by atoms with E-state index in [1.54, 1.807) is 5.57 Å². The first-order valence-electron chi connectivity index (χ1n) is 13.7. The van der Waals surface area contributed by atoms with Gasteiger partial charge in [0.05, 0.1) is 6.20 Å². The number of rotatable bonds is 6. The quantitative estimate of drug-likeness (QED) is 0.143. The van der Waals surface area contributed by atoms with Crippen molar-refractivity contribution < 1.29 is 4.43 Å². The zero-order valence-electron chi connectivity index (χ0n) is 23.3. The molecule has 0 radical (unpaired) electrons. The summed E-state index contributed by atoms with van der Waals surface area (Å²) in [6.45, 7) is 20.3. The molecule has 3 aliphatic carbocycles. The highest BCUT2D eigenvalue weighted by molar-refractivity contribution is 6.74. The Hall–Kier alpha value is -1.56. The lowest BCUT2D eigenvalue weighted by Gasteiger charge is -2.56. The summed E-state index contributed by atoms with van der Waals surface area (Å²) in [5.74, 6) is 1.94. The molecule has 194 valence electrons. The Kier molecular flexibility index (Phi) is 7.11. The molecule has 0 unspecified atom stereocenters. The molecule has 7 heteroatoms. The number of H-pyrrole nitrogens is 1. The van der Waals surface area contributed by atoms with Crippen LogP contribution in [0.4, 0.5) is 0 Å². The summed E-state index contributed by atoms with van der Waals surface area (Å²) in [7, 11) is -1.86. The van der Waals surface area contributed by atoms with Crippen LogP contribution in [0.15, 0.2) is 23.0 Å². The summed E-state index contributed by atoms with van der Waals surface area (Å²) in [4.78, 5) is 3.23. The van der Waals surface area contributed by atoms with Gasteiger partial charge in [-0.3, -0.25) is 5.10 Å². The number of aromatic amines is 1. The van der Waals surface area contributed by atoms with Crippen LogP contribution in [-0.4, -0.2) is 31.7 Å². The third-order valence-electron chi connectivity index (χ3n) is 11.0. The van der Waals surface area contributed by atoms with Crippen molar-refractivity contribution in [2.75, 3.05) is 13.2 Å². The largest absolute Gasteiger partial charge is 0.417 e. The van der Waals surface area contributed by atoms with Crippen LogP contribution >= 0.6 is 0 Å². The van der Waals surface area contributed by atoms with Crippen LogP contribution in [0, 0.1) is 34.5 Å². The molecule has 6 nitrogen and oxygen atoms in total. The zero-order valence-corrected chi connectivity index (χ0v) is 24.3. The molecule has 3 aliphatic rings. The fourth-order valence-corrected chi connectivity index (χ4v) is 8.77. The maximum Gasteiger partial charge on any atom is 0.191 e. The van der Waals surface area contributed by atoms with Crippen LogP contribution in [-0.2, 0) is 17.3 Å². The summed E-state index contributed by atoms with van der Waals surface area (Å²) >= 11 is 0. The molecule has 0 aromatic carbocycles. The molecule has 0 amide bonds. The predicted octanol–water partition coefficient (Wildman–Crippen LogP) is 7.85. The molecule has 6 atom stereocenters. The highest BCUT2D eigenvalue weighted by Gasteiger charge is 2.57. The lowest BCUT2D eigenvalue weighted by atomic mass is 9.49. The highest BCUT2D eigenvalue weighted by atomic mass is 28.4. The van der Waals surface area contributed by atoms with E-state index in [9.17, 15) is 5.53 Å². The number of fused-ring (bicyclic) bond motifs is 2. The topological polar surface area (TPSA) is 86.7 Å². The molecule has 4 rings (SSSR count). The van der Waals surface area contributed by atoms with Crippen LogP contribution in [0.5, 0.6) is 0 Å². The lowest BCUT2D eigenvalue weighted by molar-refractivity contribution is -0.0522. The molecule has 1 aromatic rings. The second kappa shape index (κ2) is 9.39. The molecule has 1 N–H and O–H groups in total. The van der Waals surface area contributed by atoms with Crippen molar-refractivity contribution >= 4 is 8.32 Å². The molecular weight excluding hydrogens is 450 g/mol. The third-order valence-corrected chi connectivity index (χ3v) is 15.6. The van der Waals surface area contributed by atoms with Gasteiger partial charge in [0.15, 0.2) is 8.32 Å². The first kappa shape index (κ1) is 26.5. The van der Waals surface area contributed by atoms with E-state index < -0.39 is 8.32 Å². The Balaban J connectivity index is 1.70. The van der Waals surface area contributed by atoms with Gasteiger partial charge in [-0.1, -0.05) is 51.4 Å². The molecule has 2 saturated carbocycles. The van der Waals surface area contributed by atoms with E-state index in [2.05, 4.69) is 80.9 Å². The number of hydrogen-bond acceptors (Lipinski definition) is 3. The van der Waals surface area contributed by atoms with Gasteiger partial charge in [-0.25, -0.2) is 0 Å². The Morgan fingerprint density at radius 3 is 2.69 bits per heavy atom. The SMILES string of the molecule is CC=C1CC[C@H]2[C@H](CN=[N+]=[N-])[C@@H]([C@@]3(C)Cc4cn[nH]c4C[C@@H]3CO[Si](C)(C)C(C)(C)C)CC[C@]12C. The maximum atomic E-state index is 9.28. The van der Waals surface area contributed by atoms with Crippen molar-refractivity contribution in [2.45, 2.75) is 98.2 Å². The molecule has 35 heavy (non-hydrogen) atoms. The van der Waals surface area contributed by atoms with E-state index in [1.807, 2.05) is 6.20 Å². The molecule has 1 aromatic heterocycles. The van der Waals surface area contributed by atoms with Gasteiger partial charge < -0.3 is 4.43 Å². The number of nitrogens with one attached hydrogen (secondary N) is 1. The number of allylic oxidation sites excluding steroid dienone is 2.